The highest BCUT2D eigenvalue weighted by Crippen LogP contribution is 2.70. The fourth-order valence-electron chi connectivity index (χ4n) is 7.13. The van der Waals surface area contributed by atoms with Gasteiger partial charge in [0.2, 0.25) is 0 Å². The second kappa shape index (κ2) is 4.69. The number of aliphatic hydroxyl groups is 1. The van der Waals surface area contributed by atoms with Crippen LogP contribution in [0.3, 0.4) is 0 Å². The summed E-state index contributed by atoms with van der Waals surface area (Å²) < 4.78 is 5.44. The molecule has 1 heterocycles. The maximum atomic E-state index is 11.1. The first kappa shape index (κ1) is 14.5. The Morgan fingerprint density at radius 3 is 2.24 bits per heavy atom. The third-order valence-electron chi connectivity index (χ3n) is 6.91. The summed E-state index contributed by atoms with van der Waals surface area (Å²) in [6, 6.07) is 0. The van der Waals surface area contributed by atoms with Crippen LogP contribution in [0, 0.1) is 22.2 Å². The molecule has 5 aliphatic rings. The van der Waals surface area contributed by atoms with Gasteiger partial charge in [-0.2, -0.15) is 0 Å². The minimum absolute atomic E-state index is 0.141. The molecule has 5 atom stereocenters. The maximum Gasteiger partial charge on any atom is 0.0723 e. The number of hydrogen-bond donors (Lipinski definition) is 1. The Morgan fingerprint density at radius 2 is 1.67 bits per heavy atom. The molecule has 0 radical (unpaired) electrons. The molecule has 4 saturated carbocycles. The molecule has 120 valence electrons. The van der Waals surface area contributed by atoms with Crippen LogP contribution >= 0.6 is 0 Å². The van der Waals surface area contributed by atoms with Gasteiger partial charge in [0.25, 0.3) is 0 Å². The second-order valence-electron chi connectivity index (χ2n) is 9.42. The van der Waals surface area contributed by atoms with E-state index in [4.69, 9.17) is 4.74 Å². The minimum Gasteiger partial charge on any atom is -0.391 e. The van der Waals surface area contributed by atoms with Crippen LogP contribution in [0.1, 0.15) is 52.4 Å². The molecule has 0 aromatic rings. The van der Waals surface area contributed by atoms with Crippen LogP contribution in [0.25, 0.3) is 0 Å². The lowest BCUT2D eigenvalue weighted by atomic mass is 9.39. The molecule has 21 heavy (non-hydrogen) atoms. The average Bonchev–Trinajstić information content (AvgIpc) is 2.35. The topological polar surface area (TPSA) is 32.7 Å². The van der Waals surface area contributed by atoms with Crippen LogP contribution in [0.4, 0.5) is 0 Å². The standard InChI is InChI=1S/C18H31NO2/c1-16-7-14-8-17(2,11-16)13-18(9-14,12-16)15(20)10-19-3-5-21-6-4-19/h14-15,20H,3-13H2,1-2H3/t14?,15-,16-,17+,18?/m1/s1. The van der Waals surface area contributed by atoms with Gasteiger partial charge in [-0.25, -0.2) is 0 Å². The van der Waals surface area contributed by atoms with E-state index in [2.05, 4.69) is 18.7 Å². The predicted molar refractivity (Wildman–Crippen MR) is 83.1 cm³/mol. The van der Waals surface area contributed by atoms with Crippen molar-refractivity contribution in [1.29, 1.82) is 0 Å². The van der Waals surface area contributed by atoms with Gasteiger partial charge in [0.1, 0.15) is 0 Å². The summed E-state index contributed by atoms with van der Waals surface area (Å²) in [6.45, 7) is 9.49. The van der Waals surface area contributed by atoms with Crippen LogP contribution in [0.5, 0.6) is 0 Å². The van der Waals surface area contributed by atoms with E-state index in [0.717, 1.165) is 38.8 Å². The molecule has 4 aliphatic carbocycles. The highest BCUT2D eigenvalue weighted by Gasteiger charge is 2.62. The van der Waals surface area contributed by atoms with Crippen molar-refractivity contribution in [2.45, 2.75) is 58.5 Å². The number of hydrogen-bond acceptors (Lipinski definition) is 3. The van der Waals surface area contributed by atoms with Crippen molar-refractivity contribution in [1.82, 2.24) is 4.90 Å². The Hall–Kier alpha value is -0.120. The molecule has 2 unspecified atom stereocenters. The third-order valence-corrected chi connectivity index (χ3v) is 6.91. The third kappa shape index (κ3) is 2.46. The largest absolute Gasteiger partial charge is 0.391 e. The lowest BCUT2D eigenvalue weighted by Crippen LogP contribution is -2.60. The summed E-state index contributed by atoms with van der Waals surface area (Å²) >= 11 is 0. The molecule has 0 aromatic carbocycles. The van der Waals surface area contributed by atoms with Crippen molar-refractivity contribution in [3.63, 3.8) is 0 Å². The van der Waals surface area contributed by atoms with Crippen molar-refractivity contribution < 1.29 is 9.84 Å². The van der Waals surface area contributed by atoms with Crippen LogP contribution in [-0.2, 0) is 4.74 Å². The Bertz CT molecular complexity index is 399. The normalized spacial score (nSPS) is 51.3. The summed E-state index contributed by atoms with van der Waals surface area (Å²) in [4.78, 5) is 2.41. The molecule has 5 rings (SSSR count). The predicted octanol–water partition coefficient (Wildman–Crippen LogP) is 2.68. The molecule has 5 fully saturated rings. The first-order valence-corrected chi connectivity index (χ1v) is 8.89. The Kier molecular flexibility index (Phi) is 3.23. The van der Waals surface area contributed by atoms with Gasteiger partial charge in [-0.15, -0.1) is 0 Å². The second-order valence-corrected chi connectivity index (χ2v) is 9.42. The zero-order chi connectivity index (χ0) is 14.7. The lowest BCUT2D eigenvalue weighted by Gasteiger charge is -2.66. The van der Waals surface area contributed by atoms with Crippen molar-refractivity contribution in [3.8, 4) is 0 Å². The molecule has 3 heteroatoms. The molecule has 1 aliphatic heterocycles. The highest BCUT2D eigenvalue weighted by atomic mass is 16.5. The van der Waals surface area contributed by atoms with E-state index in [1.807, 2.05) is 0 Å². The van der Waals surface area contributed by atoms with E-state index in [1.54, 1.807) is 0 Å². The van der Waals surface area contributed by atoms with Gasteiger partial charge in [0, 0.05) is 19.6 Å². The van der Waals surface area contributed by atoms with E-state index in [9.17, 15) is 5.11 Å². The van der Waals surface area contributed by atoms with Crippen molar-refractivity contribution >= 4 is 0 Å². The first-order chi connectivity index (χ1) is 9.91. The SMILES string of the molecule is C[C@]12CC3CC([C@H](O)CN4CCOCC4)(C1)C[C@@](C)(C3)C2. The fourth-order valence-corrected chi connectivity index (χ4v) is 7.13. The molecule has 1 saturated heterocycles. The Labute approximate surface area is 129 Å². The molecule has 0 amide bonds. The van der Waals surface area contributed by atoms with Gasteiger partial charge in [0.05, 0.1) is 19.3 Å². The molecule has 0 aromatic heterocycles. The van der Waals surface area contributed by atoms with Gasteiger partial charge in [-0.1, -0.05) is 13.8 Å². The van der Waals surface area contributed by atoms with Gasteiger partial charge in [-0.05, 0) is 60.7 Å². The zero-order valence-corrected chi connectivity index (χ0v) is 13.7. The quantitative estimate of drug-likeness (QED) is 0.868. The molecule has 0 spiro atoms. The van der Waals surface area contributed by atoms with E-state index in [1.165, 1.54) is 38.5 Å². The van der Waals surface area contributed by atoms with Gasteiger partial charge < -0.3 is 9.84 Å². The molecule has 3 nitrogen and oxygen atoms in total. The number of morpholine rings is 1. The summed E-state index contributed by atoms with van der Waals surface area (Å²) in [5.41, 5.74) is 1.21. The lowest BCUT2D eigenvalue weighted by molar-refractivity contribution is -0.189. The Morgan fingerprint density at radius 1 is 1.05 bits per heavy atom. The van der Waals surface area contributed by atoms with Gasteiger partial charge in [0.15, 0.2) is 0 Å². The van der Waals surface area contributed by atoms with Crippen molar-refractivity contribution in [2.75, 3.05) is 32.8 Å². The summed E-state index contributed by atoms with van der Waals surface area (Å²) in [5, 5.41) is 11.1. The number of β-amino-alcohol motifs (C(OH)–C–C–N with tert-alkyl or cyclic N) is 1. The fraction of sp³-hybridized carbons (Fsp3) is 1.00. The number of nitrogens with zero attached hydrogens (tertiary/aromatic N) is 1. The number of aliphatic hydroxyl groups excluding tert-OH is 1. The molecule has 4 bridgehead atoms. The first-order valence-electron chi connectivity index (χ1n) is 8.89. The summed E-state index contributed by atoms with van der Waals surface area (Å²) in [5.74, 6) is 0.871. The van der Waals surface area contributed by atoms with Crippen LogP contribution in [-0.4, -0.2) is 49.0 Å². The summed E-state index contributed by atoms with van der Waals surface area (Å²) in [6.07, 6.45) is 7.88. The van der Waals surface area contributed by atoms with Crippen molar-refractivity contribution in [2.24, 2.45) is 22.2 Å². The van der Waals surface area contributed by atoms with Crippen LogP contribution in [0.2, 0.25) is 0 Å². The Balaban J connectivity index is 1.53. The minimum atomic E-state index is -0.141. The summed E-state index contributed by atoms with van der Waals surface area (Å²) in [7, 11) is 0. The molecular weight excluding hydrogens is 262 g/mol. The zero-order valence-electron chi connectivity index (χ0n) is 13.7. The maximum absolute atomic E-state index is 11.1. The van der Waals surface area contributed by atoms with E-state index in [-0.39, 0.29) is 11.5 Å². The van der Waals surface area contributed by atoms with Crippen LogP contribution < -0.4 is 0 Å². The molecular formula is C18H31NO2. The average molecular weight is 293 g/mol. The molecule has 1 N–H and O–H groups in total. The number of rotatable bonds is 3. The number of ether oxygens (including phenoxy) is 1. The van der Waals surface area contributed by atoms with Gasteiger partial charge in [-0.3, -0.25) is 4.90 Å². The van der Waals surface area contributed by atoms with Crippen LogP contribution in [0.15, 0.2) is 0 Å². The van der Waals surface area contributed by atoms with E-state index < -0.39 is 0 Å². The van der Waals surface area contributed by atoms with Gasteiger partial charge >= 0.3 is 0 Å². The van der Waals surface area contributed by atoms with E-state index >= 15 is 0 Å². The van der Waals surface area contributed by atoms with Crippen molar-refractivity contribution in [3.05, 3.63) is 0 Å². The monoisotopic (exact) mass is 293 g/mol. The smallest absolute Gasteiger partial charge is 0.0723 e. The van der Waals surface area contributed by atoms with E-state index in [0.29, 0.717) is 10.8 Å². The highest BCUT2D eigenvalue weighted by molar-refractivity contribution is 5.12.